The summed E-state index contributed by atoms with van der Waals surface area (Å²) in [5, 5.41) is 8.36. The molecule has 0 saturated carbocycles. The summed E-state index contributed by atoms with van der Waals surface area (Å²) in [6, 6.07) is 1.99. The molecule has 1 aliphatic rings. The van der Waals surface area contributed by atoms with E-state index in [4.69, 9.17) is 4.74 Å². The summed E-state index contributed by atoms with van der Waals surface area (Å²) in [5.74, 6) is 0.672. The monoisotopic (exact) mass is 348 g/mol. The summed E-state index contributed by atoms with van der Waals surface area (Å²) in [6.45, 7) is 1.25. The Labute approximate surface area is 144 Å². The van der Waals surface area contributed by atoms with Crippen LogP contribution in [0.3, 0.4) is 0 Å². The van der Waals surface area contributed by atoms with Gasteiger partial charge in [-0.25, -0.2) is 15.0 Å². The first-order valence-electron chi connectivity index (χ1n) is 7.68. The molecule has 0 bridgehead atoms. The number of hydrogen-bond donors (Lipinski definition) is 2. The van der Waals surface area contributed by atoms with Crippen molar-refractivity contribution in [2.24, 2.45) is 0 Å². The standard InChI is InChI=1S/C15H20N6O2S/c1-16-15-20-12(8-24-15)14(22)18-6-10-5-11(23-2)7-21(10)13-3-4-17-9-19-13/h3-4,8-11H,5-7H2,1-2H3,(H,16,20)(H,18,22)/t10-,11-/m0/s1. The van der Waals surface area contributed by atoms with Crippen molar-refractivity contribution < 1.29 is 9.53 Å². The number of nitrogens with zero attached hydrogens (tertiary/aromatic N) is 4. The van der Waals surface area contributed by atoms with Crippen molar-refractivity contribution in [3.8, 4) is 0 Å². The fourth-order valence-electron chi connectivity index (χ4n) is 2.77. The van der Waals surface area contributed by atoms with Gasteiger partial charge in [-0.1, -0.05) is 0 Å². The molecule has 128 valence electrons. The lowest BCUT2D eigenvalue weighted by atomic mass is 10.2. The third-order valence-corrected chi connectivity index (χ3v) is 4.88. The third kappa shape index (κ3) is 3.62. The van der Waals surface area contributed by atoms with Crippen LogP contribution in [-0.2, 0) is 4.74 Å². The summed E-state index contributed by atoms with van der Waals surface area (Å²) in [4.78, 5) is 26.9. The molecule has 2 atom stereocenters. The minimum atomic E-state index is -0.170. The molecule has 2 N–H and O–H groups in total. The molecule has 1 amide bonds. The lowest BCUT2D eigenvalue weighted by molar-refractivity contribution is 0.0942. The van der Waals surface area contributed by atoms with E-state index in [1.54, 1.807) is 25.7 Å². The largest absolute Gasteiger partial charge is 0.380 e. The zero-order valence-corrected chi connectivity index (χ0v) is 14.4. The van der Waals surface area contributed by atoms with Gasteiger partial charge >= 0.3 is 0 Å². The number of anilines is 2. The Bertz CT molecular complexity index is 680. The summed E-state index contributed by atoms with van der Waals surface area (Å²) in [6.07, 6.45) is 4.20. The van der Waals surface area contributed by atoms with Gasteiger partial charge in [-0.2, -0.15) is 0 Å². The van der Waals surface area contributed by atoms with E-state index in [1.807, 2.05) is 6.07 Å². The van der Waals surface area contributed by atoms with Gasteiger partial charge in [-0.05, 0) is 12.5 Å². The first kappa shape index (κ1) is 16.6. The highest BCUT2D eigenvalue weighted by Gasteiger charge is 2.33. The van der Waals surface area contributed by atoms with Crippen LogP contribution in [0.25, 0.3) is 0 Å². The van der Waals surface area contributed by atoms with Crippen LogP contribution in [-0.4, -0.2) is 60.3 Å². The zero-order valence-electron chi connectivity index (χ0n) is 13.6. The van der Waals surface area contributed by atoms with E-state index in [-0.39, 0.29) is 18.1 Å². The maximum absolute atomic E-state index is 12.3. The van der Waals surface area contributed by atoms with E-state index in [0.29, 0.717) is 12.2 Å². The summed E-state index contributed by atoms with van der Waals surface area (Å²) in [5.41, 5.74) is 0.430. The molecular formula is C15H20N6O2S. The molecule has 3 heterocycles. The van der Waals surface area contributed by atoms with Crippen molar-refractivity contribution in [1.82, 2.24) is 20.3 Å². The van der Waals surface area contributed by atoms with E-state index in [2.05, 4.69) is 30.5 Å². The van der Waals surface area contributed by atoms with Gasteiger partial charge in [0.1, 0.15) is 17.8 Å². The Kier molecular flexibility index (Phi) is 5.21. The van der Waals surface area contributed by atoms with Gasteiger partial charge in [-0.15, -0.1) is 11.3 Å². The number of carbonyl (C=O) groups excluding carboxylic acids is 1. The molecule has 2 aromatic rings. The number of aromatic nitrogens is 3. The fraction of sp³-hybridized carbons (Fsp3) is 0.467. The molecule has 1 fully saturated rings. The molecule has 9 heteroatoms. The molecule has 2 aromatic heterocycles. The molecule has 8 nitrogen and oxygen atoms in total. The van der Waals surface area contributed by atoms with E-state index in [0.717, 1.165) is 23.9 Å². The normalized spacial score (nSPS) is 20.2. The van der Waals surface area contributed by atoms with Crippen LogP contribution in [0, 0.1) is 0 Å². The van der Waals surface area contributed by atoms with Crippen LogP contribution >= 0.6 is 11.3 Å². The maximum atomic E-state index is 12.3. The summed E-state index contributed by atoms with van der Waals surface area (Å²) >= 11 is 1.41. The van der Waals surface area contributed by atoms with Gasteiger partial charge in [0, 0.05) is 38.8 Å². The van der Waals surface area contributed by atoms with E-state index >= 15 is 0 Å². The molecular weight excluding hydrogens is 328 g/mol. The Morgan fingerprint density at radius 1 is 1.54 bits per heavy atom. The minimum Gasteiger partial charge on any atom is -0.380 e. The average molecular weight is 348 g/mol. The molecule has 3 rings (SSSR count). The lowest BCUT2D eigenvalue weighted by Gasteiger charge is -2.25. The first-order chi connectivity index (χ1) is 11.7. The Balaban J connectivity index is 1.64. The average Bonchev–Trinajstić information content (AvgIpc) is 3.27. The van der Waals surface area contributed by atoms with Crippen molar-refractivity contribution in [2.75, 3.05) is 37.5 Å². The molecule has 1 saturated heterocycles. The third-order valence-electron chi connectivity index (χ3n) is 4.02. The van der Waals surface area contributed by atoms with Crippen LogP contribution in [0.1, 0.15) is 16.9 Å². The van der Waals surface area contributed by atoms with Crippen LogP contribution in [0.5, 0.6) is 0 Å². The number of hydrogen-bond acceptors (Lipinski definition) is 8. The topological polar surface area (TPSA) is 92.3 Å². The van der Waals surface area contributed by atoms with Gasteiger partial charge < -0.3 is 20.3 Å². The lowest BCUT2D eigenvalue weighted by Crippen LogP contribution is -2.40. The first-order valence-corrected chi connectivity index (χ1v) is 8.56. The van der Waals surface area contributed by atoms with Gasteiger partial charge in [0.2, 0.25) is 0 Å². The SMILES string of the molecule is CNc1nc(C(=O)NC[C@@H]2C[C@H](OC)CN2c2ccncn2)cs1. The molecule has 0 spiro atoms. The van der Waals surface area contributed by atoms with Crippen LogP contribution in [0.2, 0.25) is 0 Å². The van der Waals surface area contributed by atoms with E-state index < -0.39 is 0 Å². The predicted octanol–water partition coefficient (Wildman–Crippen LogP) is 0.998. The number of ether oxygens (including phenoxy) is 1. The van der Waals surface area contributed by atoms with Gasteiger partial charge in [0.25, 0.3) is 5.91 Å². The Morgan fingerprint density at radius 3 is 3.08 bits per heavy atom. The van der Waals surface area contributed by atoms with Crippen LogP contribution in [0.15, 0.2) is 24.0 Å². The highest BCUT2D eigenvalue weighted by molar-refractivity contribution is 7.13. The number of nitrogens with one attached hydrogen (secondary N) is 2. The molecule has 0 aromatic carbocycles. The van der Waals surface area contributed by atoms with Crippen molar-refractivity contribution in [3.05, 3.63) is 29.7 Å². The number of amides is 1. The van der Waals surface area contributed by atoms with Crippen LogP contribution < -0.4 is 15.5 Å². The number of methoxy groups -OCH3 is 1. The number of carbonyl (C=O) groups is 1. The smallest absolute Gasteiger partial charge is 0.270 e. The number of rotatable bonds is 6. The van der Waals surface area contributed by atoms with Gasteiger partial charge in [0.15, 0.2) is 5.13 Å². The molecule has 24 heavy (non-hydrogen) atoms. The molecule has 0 unspecified atom stereocenters. The predicted molar refractivity (Wildman–Crippen MR) is 92.6 cm³/mol. The second kappa shape index (κ2) is 7.54. The molecule has 1 aliphatic heterocycles. The van der Waals surface area contributed by atoms with Crippen molar-refractivity contribution >= 4 is 28.2 Å². The fourth-order valence-corrected chi connectivity index (χ4v) is 3.42. The second-order valence-corrected chi connectivity index (χ2v) is 6.32. The van der Waals surface area contributed by atoms with E-state index in [9.17, 15) is 4.79 Å². The van der Waals surface area contributed by atoms with E-state index in [1.165, 1.54) is 17.7 Å². The maximum Gasteiger partial charge on any atom is 0.270 e. The van der Waals surface area contributed by atoms with Crippen molar-refractivity contribution in [1.29, 1.82) is 0 Å². The van der Waals surface area contributed by atoms with Gasteiger partial charge in [0.05, 0.1) is 12.1 Å². The summed E-state index contributed by atoms with van der Waals surface area (Å²) in [7, 11) is 3.49. The Hall–Kier alpha value is -2.26. The quantitative estimate of drug-likeness (QED) is 0.804. The zero-order chi connectivity index (χ0) is 16.9. The second-order valence-electron chi connectivity index (χ2n) is 5.47. The van der Waals surface area contributed by atoms with Crippen molar-refractivity contribution in [3.63, 3.8) is 0 Å². The number of thiazole rings is 1. The Morgan fingerprint density at radius 2 is 2.42 bits per heavy atom. The minimum absolute atomic E-state index is 0.121. The van der Waals surface area contributed by atoms with Gasteiger partial charge in [-0.3, -0.25) is 4.79 Å². The molecule has 0 aliphatic carbocycles. The molecule has 0 radical (unpaired) electrons. The van der Waals surface area contributed by atoms with Crippen molar-refractivity contribution in [2.45, 2.75) is 18.6 Å². The highest BCUT2D eigenvalue weighted by Crippen LogP contribution is 2.24. The highest BCUT2D eigenvalue weighted by atomic mass is 32.1. The summed E-state index contributed by atoms with van der Waals surface area (Å²) < 4.78 is 5.49. The van der Waals surface area contributed by atoms with Crippen LogP contribution in [0.4, 0.5) is 10.9 Å².